The summed E-state index contributed by atoms with van der Waals surface area (Å²) in [6.07, 6.45) is -0.770. The minimum absolute atomic E-state index is 0.573. The van der Waals surface area contributed by atoms with Gasteiger partial charge in [0.05, 0.1) is 5.92 Å². The highest BCUT2D eigenvalue weighted by molar-refractivity contribution is 5.88. The zero-order valence-electron chi connectivity index (χ0n) is 12.4. The Morgan fingerprint density at radius 1 is 1.00 bits per heavy atom. The lowest BCUT2D eigenvalue weighted by molar-refractivity contribution is -0.138. The van der Waals surface area contributed by atoms with Gasteiger partial charge in [0.2, 0.25) is 0 Å². The Labute approximate surface area is 128 Å². The minimum Gasteiger partial charge on any atom is -0.457 e. The molecular weight excluding hydrogens is 282 g/mol. The van der Waals surface area contributed by atoms with Crippen LogP contribution in [-0.2, 0) is 9.53 Å². The Kier molecular flexibility index (Phi) is 5.14. The van der Waals surface area contributed by atoms with Crippen LogP contribution < -0.4 is 10.1 Å². The summed E-state index contributed by atoms with van der Waals surface area (Å²) in [5.41, 5.74) is 0.710. The molecule has 0 spiro atoms. The summed E-state index contributed by atoms with van der Waals surface area (Å²) < 4.78 is 10.4. The van der Waals surface area contributed by atoms with E-state index in [0.29, 0.717) is 17.1 Å². The number of benzene rings is 2. The molecule has 0 aliphatic rings. The molecule has 2 rings (SSSR count). The highest BCUT2D eigenvalue weighted by Crippen LogP contribution is 2.25. The average molecular weight is 299 g/mol. The molecule has 1 unspecified atom stereocenters. The number of carbonyl (C=O) groups excluding carboxylic acids is 2. The topological polar surface area (TPSA) is 64.6 Å². The molecular formula is C17H17NO4. The molecule has 5 nitrogen and oxygen atoms in total. The van der Waals surface area contributed by atoms with Crippen LogP contribution in [0.4, 0.5) is 4.79 Å². The van der Waals surface area contributed by atoms with Crippen molar-refractivity contribution in [2.75, 3.05) is 7.05 Å². The standard InChI is InChI=1S/C17H17NO4/c1-12(16(19)22-17(20)18-2)13-7-6-10-15(11-13)21-14-8-4-3-5-9-14/h3-12H,1-2H3,(H,18,20). The number of hydrogen-bond donors (Lipinski definition) is 1. The number of alkyl carbamates (subject to hydrolysis) is 1. The lowest BCUT2D eigenvalue weighted by Crippen LogP contribution is -2.25. The van der Waals surface area contributed by atoms with Crippen LogP contribution in [0.2, 0.25) is 0 Å². The molecule has 1 N–H and O–H groups in total. The smallest absolute Gasteiger partial charge is 0.414 e. The fourth-order valence-corrected chi connectivity index (χ4v) is 1.84. The Balaban J connectivity index is 2.10. The van der Waals surface area contributed by atoms with Crippen LogP contribution in [0.15, 0.2) is 54.6 Å². The second kappa shape index (κ2) is 7.26. The maximum absolute atomic E-state index is 11.9. The van der Waals surface area contributed by atoms with Crippen LogP contribution >= 0.6 is 0 Å². The Bertz CT molecular complexity index is 655. The second-order valence-corrected chi connectivity index (χ2v) is 4.67. The predicted molar refractivity (Wildman–Crippen MR) is 81.9 cm³/mol. The molecule has 22 heavy (non-hydrogen) atoms. The third-order valence-corrected chi connectivity index (χ3v) is 3.09. The molecule has 2 aromatic carbocycles. The van der Waals surface area contributed by atoms with E-state index in [1.165, 1.54) is 7.05 Å². The molecule has 0 aliphatic carbocycles. The number of esters is 1. The molecule has 0 aliphatic heterocycles. The number of amides is 1. The van der Waals surface area contributed by atoms with Gasteiger partial charge in [0.1, 0.15) is 11.5 Å². The van der Waals surface area contributed by atoms with Gasteiger partial charge in [0, 0.05) is 7.05 Å². The highest BCUT2D eigenvalue weighted by atomic mass is 16.6. The SMILES string of the molecule is CNC(=O)OC(=O)C(C)c1cccc(Oc2ccccc2)c1. The van der Waals surface area contributed by atoms with Crippen molar-refractivity contribution >= 4 is 12.1 Å². The Hall–Kier alpha value is -2.82. The van der Waals surface area contributed by atoms with Gasteiger partial charge in [-0.25, -0.2) is 4.79 Å². The van der Waals surface area contributed by atoms with Crippen molar-refractivity contribution < 1.29 is 19.1 Å². The number of rotatable bonds is 4. The predicted octanol–water partition coefficient (Wildman–Crippen LogP) is 3.47. The molecule has 0 radical (unpaired) electrons. The number of para-hydroxylation sites is 1. The summed E-state index contributed by atoms with van der Waals surface area (Å²) in [6.45, 7) is 1.67. The van der Waals surface area contributed by atoms with Crippen molar-refractivity contribution in [1.29, 1.82) is 0 Å². The van der Waals surface area contributed by atoms with Gasteiger partial charge in [-0.1, -0.05) is 30.3 Å². The van der Waals surface area contributed by atoms with E-state index in [-0.39, 0.29) is 0 Å². The second-order valence-electron chi connectivity index (χ2n) is 4.67. The zero-order valence-corrected chi connectivity index (χ0v) is 12.4. The summed E-state index contributed by atoms with van der Waals surface area (Å²) in [7, 11) is 1.40. The first-order valence-corrected chi connectivity index (χ1v) is 6.86. The van der Waals surface area contributed by atoms with E-state index in [1.54, 1.807) is 31.2 Å². The molecule has 0 saturated heterocycles. The number of hydrogen-bond acceptors (Lipinski definition) is 4. The molecule has 1 atom stereocenters. The monoisotopic (exact) mass is 299 g/mol. The van der Waals surface area contributed by atoms with E-state index in [0.717, 1.165) is 0 Å². The maximum atomic E-state index is 11.9. The lowest BCUT2D eigenvalue weighted by Gasteiger charge is -2.12. The number of nitrogens with one attached hydrogen (secondary N) is 1. The van der Waals surface area contributed by atoms with Crippen molar-refractivity contribution in [3.8, 4) is 11.5 Å². The first-order chi connectivity index (χ1) is 10.6. The molecule has 0 heterocycles. The largest absolute Gasteiger partial charge is 0.457 e. The van der Waals surface area contributed by atoms with Crippen molar-refractivity contribution in [1.82, 2.24) is 5.32 Å². The summed E-state index contributed by atoms with van der Waals surface area (Å²) >= 11 is 0. The van der Waals surface area contributed by atoms with Crippen LogP contribution in [0.25, 0.3) is 0 Å². The van der Waals surface area contributed by atoms with Crippen LogP contribution in [0.1, 0.15) is 18.4 Å². The van der Waals surface area contributed by atoms with Gasteiger partial charge < -0.3 is 14.8 Å². The van der Waals surface area contributed by atoms with Crippen LogP contribution in [0, 0.1) is 0 Å². The van der Waals surface area contributed by atoms with E-state index >= 15 is 0 Å². The van der Waals surface area contributed by atoms with Gasteiger partial charge in [-0.15, -0.1) is 0 Å². The average Bonchev–Trinajstić information content (AvgIpc) is 2.55. The van der Waals surface area contributed by atoms with Crippen molar-refractivity contribution in [2.45, 2.75) is 12.8 Å². The molecule has 0 saturated carbocycles. The first kappa shape index (κ1) is 15.6. The quantitative estimate of drug-likeness (QED) is 0.693. The fourth-order valence-electron chi connectivity index (χ4n) is 1.84. The molecule has 5 heteroatoms. The first-order valence-electron chi connectivity index (χ1n) is 6.86. The molecule has 0 bridgehead atoms. The zero-order chi connectivity index (χ0) is 15.9. The summed E-state index contributed by atoms with van der Waals surface area (Å²) in [5.74, 6) is 0.136. The molecule has 0 fully saturated rings. The van der Waals surface area contributed by atoms with E-state index < -0.39 is 18.0 Å². The summed E-state index contributed by atoms with van der Waals surface area (Å²) in [6, 6.07) is 16.5. The van der Waals surface area contributed by atoms with E-state index in [1.807, 2.05) is 30.3 Å². The van der Waals surface area contributed by atoms with E-state index in [2.05, 4.69) is 10.1 Å². The number of ether oxygens (including phenoxy) is 2. The van der Waals surface area contributed by atoms with Crippen LogP contribution in [0.5, 0.6) is 11.5 Å². The fraction of sp³-hybridized carbons (Fsp3) is 0.176. The van der Waals surface area contributed by atoms with E-state index in [4.69, 9.17) is 4.74 Å². The van der Waals surface area contributed by atoms with Gasteiger partial charge in [0.15, 0.2) is 0 Å². The van der Waals surface area contributed by atoms with Crippen molar-refractivity contribution in [3.63, 3.8) is 0 Å². The summed E-state index contributed by atoms with van der Waals surface area (Å²) in [5, 5.41) is 2.24. The third-order valence-electron chi connectivity index (χ3n) is 3.09. The van der Waals surface area contributed by atoms with Crippen LogP contribution in [-0.4, -0.2) is 19.1 Å². The molecule has 2 aromatic rings. The summed E-state index contributed by atoms with van der Waals surface area (Å²) in [4.78, 5) is 22.9. The van der Waals surface area contributed by atoms with Gasteiger partial charge >= 0.3 is 12.1 Å². The number of carbonyl (C=O) groups is 2. The van der Waals surface area contributed by atoms with Gasteiger partial charge in [-0.05, 0) is 36.8 Å². The minimum atomic E-state index is -0.770. The normalized spacial score (nSPS) is 11.4. The van der Waals surface area contributed by atoms with Gasteiger partial charge in [-0.2, -0.15) is 0 Å². The third kappa shape index (κ3) is 4.09. The lowest BCUT2D eigenvalue weighted by atomic mass is 10.0. The van der Waals surface area contributed by atoms with Gasteiger partial charge in [0.25, 0.3) is 0 Å². The maximum Gasteiger partial charge on any atom is 0.414 e. The van der Waals surface area contributed by atoms with E-state index in [9.17, 15) is 9.59 Å². The Morgan fingerprint density at radius 2 is 1.68 bits per heavy atom. The highest BCUT2D eigenvalue weighted by Gasteiger charge is 2.20. The van der Waals surface area contributed by atoms with Crippen molar-refractivity contribution in [3.05, 3.63) is 60.2 Å². The molecule has 1 amide bonds. The molecule has 114 valence electrons. The van der Waals surface area contributed by atoms with Crippen LogP contribution in [0.3, 0.4) is 0 Å². The van der Waals surface area contributed by atoms with Gasteiger partial charge in [-0.3, -0.25) is 4.79 Å². The molecule has 0 aromatic heterocycles. The van der Waals surface area contributed by atoms with Crippen molar-refractivity contribution in [2.24, 2.45) is 0 Å². The Morgan fingerprint density at radius 3 is 2.36 bits per heavy atom.